The van der Waals surface area contributed by atoms with Crippen molar-refractivity contribution in [1.82, 2.24) is 0 Å². The van der Waals surface area contributed by atoms with Crippen LogP contribution in [-0.4, -0.2) is 14.8 Å². The first-order chi connectivity index (χ1) is 3.56. The standard InChI is InChI=1S/C3H7F3SSi/c4-8(5,6)3-1-2-7/h7H,1-3H2. The van der Waals surface area contributed by atoms with E-state index < -0.39 is 15.1 Å². The van der Waals surface area contributed by atoms with Gasteiger partial charge in [-0.3, -0.25) is 0 Å². The van der Waals surface area contributed by atoms with Gasteiger partial charge in [0.15, 0.2) is 0 Å². The van der Waals surface area contributed by atoms with Gasteiger partial charge in [-0.25, -0.2) is 12.3 Å². The monoisotopic (exact) mass is 160 g/mol. The fourth-order valence-corrected chi connectivity index (χ4v) is 1.31. The Bertz CT molecular complexity index is 62.0. The SMILES string of the molecule is F[Si](F)(F)CCCS. The van der Waals surface area contributed by atoms with Crippen molar-refractivity contribution in [3.05, 3.63) is 0 Å². The highest BCUT2D eigenvalue weighted by Gasteiger charge is 2.34. The summed E-state index contributed by atoms with van der Waals surface area (Å²) in [6.45, 7) is 0. The van der Waals surface area contributed by atoms with Crippen LogP contribution in [0.15, 0.2) is 0 Å². The van der Waals surface area contributed by atoms with Gasteiger partial charge >= 0.3 is 9.08 Å². The van der Waals surface area contributed by atoms with Crippen LogP contribution in [0.25, 0.3) is 0 Å². The molecule has 0 saturated heterocycles. The highest BCUT2D eigenvalue weighted by Crippen LogP contribution is 2.16. The molecule has 50 valence electrons. The molecule has 0 atom stereocenters. The lowest BCUT2D eigenvalue weighted by atomic mass is 10.6. The summed E-state index contributed by atoms with van der Waals surface area (Å²) in [5.74, 6) is 0.340. The van der Waals surface area contributed by atoms with Crippen molar-refractivity contribution in [2.24, 2.45) is 0 Å². The molecule has 0 amide bonds. The molecule has 0 bridgehead atoms. The molecule has 0 N–H and O–H groups in total. The van der Waals surface area contributed by atoms with Gasteiger partial charge in [-0.2, -0.15) is 12.6 Å². The van der Waals surface area contributed by atoms with Crippen LogP contribution in [-0.2, 0) is 0 Å². The minimum Gasteiger partial charge on any atom is -0.238 e. The molecule has 0 saturated carbocycles. The second kappa shape index (κ2) is 3.40. The second-order valence-electron chi connectivity index (χ2n) is 1.44. The minimum absolute atomic E-state index is 0.179. The Morgan fingerprint density at radius 3 is 1.88 bits per heavy atom. The van der Waals surface area contributed by atoms with E-state index in [1.165, 1.54) is 0 Å². The summed E-state index contributed by atoms with van der Waals surface area (Å²) in [6.07, 6.45) is 0.179. The zero-order chi connectivity index (χ0) is 6.62. The van der Waals surface area contributed by atoms with E-state index in [4.69, 9.17) is 0 Å². The van der Waals surface area contributed by atoms with E-state index in [9.17, 15) is 12.3 Å². The van der Waals surface area contributed by atoms with E-state index in [0.29, 0.717) is 5.75 Å². The Labute approximate surface area is 53.0 Å². The predicted molar refractivity (Wildman–Crippen MR) is 32.4 cm³/mol. The van der Waals surface area contributed by atoms with E-state index in [0.717, 1.165) is 0 Å². The topological polar surface area (TPSA) is 0 Å². The lowest BCUT2D eigenvalue weighted by Crippen LogP contribution is -2.13. The summed E-state index contributed by atoms with van der Waals surface area (Å²) >= 11 is 3.65. The summed E-state index contributed by atoms with van der Waals surface area (Å²) in [6, 6.07) is -0.573. The molecule has 0 aromatic carbocycles. The molecule has 8 heavy (non-hydrogen) atoms. The lowest BCUT2D eigenvalue weighted by Gasteiger charge is -1.97. The molecule has 0 aliphatic rings. The van der Waals surface area contributed by atoms with Crippen LogP contribution in [0.1, 0.15) is 6.42 Å². The summed E-state index contributed by atoms with van der Waals surface area (Å²) in [4.78, 5) is 0. The molecule has 0 unspecified atom stereocenters. The van der Waals surface area contributed by atoms with Crippen molar-refractivity contribution in [1.29, 1.82) is 0 Å². The first-order valence-corrected chi connectivity index (χ1v) is 4.71. The van der Waals surface area contributed by atoms with Crippen molar-refractivity contribution >= 4 is 21.7 Å². The first-order valence-electron chi connectivity index (χ1n) is 2.24. The molecular weight excluding hydrogens is 153 g/mol. The van der Waals surface area contributed by atoms with Crippen molar-refractivity contribution < 1.29 is 12.3 Å². The van der Waals surface area contributed by atoms with Crippen LogP contribution in [0, 0.1) is 0 Å². The molecule has 0 aromatic heterocycles. The summed E-state index contributed by atoms with van der Waals surface area (Å²) < 4.78 is 34.0. The maximum absolute atomic E-state index is 11.3. The van der Waals surface area contributed by atoms with E-state index >= 15 is 0 Å². The quantitative estimate of drug-likeness (QED) is 0.365. The Balaban J connectivity index is 3.11. The number of rotatable bonds is 3. The molecule has 0 aliphatic heterocycles. The van der Waals surface area contributed by atoms with Crippen molar-refractivity contribution in [3.63, 3.8) is 0 Å². The van der Waals surface area contributed by atoms with Crippen LogP contribution in [0.3, 0.4) is 0 Å². The second-order valence-corrected chi connectivity index (χ2v) is 3.62. The number of hydrogen-bond acceptors (Lipinski definition) is 1. The van der Waals surface area contributed by atoms with Gasteiger partial charge in [-0.15, -0.1) is 0 Å². The van der Waals surface area contributed by atoms with Gasteiger partial charge in [-0.05, 0) is 12.2 Å². The molecule has 0 heterocycles. The first kappa shape index (κ1) is 8.36. The van der Waals surface area contributed by atoms with Gasteiger partial charge in [0.1, 0.15) is 0 Å². The fraction of sp³-hybridized carbons (Fsp3) is 1.00. The smallest absolute Gasteiger partial charge is 0.238 e. The third-order valence-electron chi connectivity index (χ3n) is 0.618. The van der Waals surface area contributed by atoms with E-state index in [2.05, 4.69) is 12.6 Å². The fourth-order valence-electron chi connectivity index (χ4n) is 0.280. The minimum atomic E-state index is -5.23. The van der Waals surface area contributed by atoms with Crippen LogP contribution >= 0.6 is 12.6 Å². The number of thiol groups is 1. The van der Waals surface area contributed by atoms with E-state index in [1.54, 1.807) is 0 Å². The molecule has 5 heteroatoms. The third kappa shape index (κ3) is 6.36. The zero-order valence-electron chi connectivity index (χ0n) is 4.20. The van der Waals surface area contributed by atoms with Gasteiger partial charge in [0.05, 0.1) is 0 Å². The third-order valence-corrected chi connectivity index (χ3v) is 1.86. The van der Waals surface area contributed by atoms with Gasteiger partial charge in [0.2, 0.25) is 0 Å². The van der Waals surface area contributed by atoms with E-state index in [-0.39, 0.29) is 6.42 Å². The van der Waals surface area contributed by atoms with Gasteiger partial charge in [0, 0.05) is 6.04 Å². The van der Waals surface area contributed by atoms with Gasteiger partial charge in [-0.1, -0.05) is 0 Å². The molecule has 0 fully saturated rings. The maximum Gasteiger partial charge on any atom is 0.616 e. The normalized spacial score (nSPS) is 12.0. The molecule has 0 radical (unpaired) electrons. The van der Waals surface area contributed by atoms with Crippen LogP contribution < -0.4 is 0 Å². The van der Waals surface area contributed by atoms with E-state index in [1.807, 2.05) is 0 Å². The largest absolute Gasteiger partial charge is 0.616 e. The zero-order valence-corrected chi connectivity index (χ0v) is 6.10. The number of hydrogen-bond donors (Lipinski definition) is 1. The van der Waals surface area contributed by atoms with Crippen LogP contribution in [0.4, 0.5) is 12.3 Å². The summed E-state index contributed by atoms with van der Waals surface area (Å²) in [5, 5.41) is 0. The predicted octanol–water partition coefficient (Wildman–Crippen LogP) is 2.15. The Morgan fingerprint density at radius 1 is 1.25 bits per heavy atom. The van der Waals surface area contributed by atoms with Crippen LogP contribution in [0.5, 0.6) is 0 Å². The Hall–Kier alpha value is 0.357. The maximum atomic E-state index is 11.3. The summed E-state index contributed by atoms with van der Waals surface area (Å²) in [5.41, 5.74) is 0. The van der Waals surface area contributed by atoms with Gasteiger partial charge < -0.3 is 0 Å². The molecule has 0 spiro atoms. The van der Waals surface area contributed by atoms with Crippen LogP contribution in [0.2, 0.25) is 6.04 Å². The number of halogens is 3. The van der Waals surface area contributed by atoms with Crippen molar-refractivity contribution in [3.8, 4) is 0 Å². The average molecular weight is 160 g/mol. The Morgan fingerprint density at radius 2 is 1.75 bits per heavy atom. The Kier molecular flexibility index (Phi) is 3.55. The highest BCUT2D eigenvalue weighted by molar-refractivity contribution is 7.80. The molecule has 0 rings (SSSR count). The molecule has 0 nitrogen and oxygen atoms in total. The average Bonchev–Trinajstić information content (AvgIpc) is 1.59. The van der Waals surface area contributed by atoms with Crippen molar-refractivity contribution in [2.45, 2.75) is 12.5 Å². The van der Waals surface area contributed by atoms with Crippen molar-refractivity contribution in [2.75, 3.05) is 5.75 Å². The van der Waals surface area contributed by atoms with Gasteiger partial charge in [0.25, 0.3) is 0 Å². The summed E-state index contributed by atoms with van der Waals surface area (Å²) in [7, 11) is -5.23. The molecule has 0 aromatic rings. The highest BCUT2D eigenvalue weighted by atomic mass is 32.1. The lowest BCUT2D eigenvalue weighted by molar-refractivity contribution is 0.467. The molecular formula is C3H7F3SSi. The molecule has 0 aliphatic carbocycles.